The summed E-state index contributed by atoms with van der Waals surface area (Å²) in [5, 5.41) is 0. The Hall–Kier alpha value is -0.800. The minimum Gasteiger partial charge on any atom is -0.353 e. The Labute approximate surface area is 253 Å². The fraction of sp³-hybridized carbons (Fsp3) is 0.882. The number of hydrogen-bond acceptors (Lipinski definition) is 7. The van der Waals surface area contributed by atoms with Gasteiger partial charge in [-0.25, -0.2) is 0 Å². The SMILES string of the molecule is CCCCCOC(CCC=CC(OC)OC(C=CCCC(OCCCCC)OCCCCC)OC)OCCCCC. The molecule has 0 rings (SSSR count). The van der Waals surface area contributed by atoms with Crippen LogP contribution in [0.2, 0.25) is 0 Å². The van der Waals surface area contributed by atoms with E-state index in [0.29, 0.717) is 0 Å². The first-order chi connectivity index (χ1) is 20.1. The molecule has 0 aromatic rings. The van der Waals surface area contributed by atoms with E-state index in [1.54, 1.807) is 14.2 Å². The van der Waals surface area contributed by atoms with E-state index in [0.717, 1.165) is 77.8 Å². The fourth-order valence-corrected chi connectivity index (χ4v) is 4.07. The summed E-state index contributed by atoms with van der Waals surface area (Å²) in [5.41, 5.74) is 0. The highest BCUT2D eigenvalue weighted by molar-refractivity contribution is 4.89. The second-order valence-corrected chi connectivity index (χ2v) is 10.5. The van der Waals surface area contributed by atoms with Crippen LogP contribution in [0.1, 0.15) is 130 Å². The topological polar surface area (TPSA) is 64.6 Å². The Morgan fingerprint density at radius 2 is 0.780 bits per heavy atom. The van der Waals surface area contributed by atoms with Gasteiger partial charge in [0.2, 0.25) is 0 Å². The maximum absolute atomic E-state index is 6.01. The quantitative estimate of drug-likeness (QED) is 0.0442. The Kier molecular flexibility index (Phi) is 31.5. The van der Waals surface area contributed by atoms with Crippen molar-refractivity contribution in [1.29, 1.82) is 0 Å². The van der Waals surface area contributed by atoms with Gasteiger partial charge in [-0.3, -0.25) is 0 Å². The summed E-state index contributed by atoms with van der Waals surface area (Å²) < 4.78 is 41.1. The van der Waals surface area contributed by atoms with Crippen LogP contribution in [0.3, 0.4) is 0 Å². The predicted molar refractivity (Wildman–Crippen MR) is 169 cm³/mol. The molecule has 0 spiro atoms. The van der Waals surface area contributed by atoms with E-state index in [2.05, 4.69) is 39.8 Å². The van der Waals surface area contributed by atoms with E-state index in [9.17, 15) is 0 Å². The minimum atomic E-state index is -0.504. The van der Waals surface area contributed by atoms with E-state index in [-0.39, 0.29) is 12.6 Å². The van der Waals surface area contributed by atoms with Gasteiger partial charge in [-0.05, 0) is 50.7 Å². The van der Waals surface area contributed by atoms with E-state index >= 15 is 0 Å². The lowest BCUT2D eigenvalue weighted by Crippen LogP contribution is -2.22. The van der Waals surface area contributed by atoms with Gasteiger partial charge in [0, 0.05) is 53.5 Å². The average molecular weight is 587 g/mol. The number of rotatable bonds is 32. The van der Waals surface area contributed by atoms with Crippen molar-refractivity contribution in [3.05, 3.63) is 24.3 Å². The highest BCUT2D eigenvalue weighted by Crippen LogP contribution is 2.13. The zero-order chi connectivity index (χ0) is 30.2. The number of ether oxygens (including phenoxy) is 7. The Morgan fingerprint density at radius 3 is 1.05 bits per heavy atom. The highest BCUT2D eigenvalue weighted by atomic mass is 16.8. The molecule has 244 valence electrons. The standard InChI is InChI=1S/C34H66O7/c1-7-11-19-27-37-33(38-28-20-12-8-2)25-17-15-23-31(35-5)41-32(36-6)24-16-18-26-34(39-29-21-13-9-3)40-30-22-14-10-4/h15-16,23-24,31-34H,7-14,17-22,25-30H2,1-6H3. The first-order valence-corrected chi connectivity index (χ1v) is 16.7. The molecule has 7 heteroatoms. The maximum Gasteiger partial charge on any atom is 0.179 e. The van der Waals surface area contributed by atoms with Crippen LogP contribution in [0, 0.1) is 0 Å². The molecule has 0 amide bonds. The first kappa shape index (κ1) is 40.2. The van der Waals surface area contributed by atoms with Gasteiger partial charge in [0.05, 0.1) is 0 Å². The summed E-state index contributed by atoms with van der Waals surface area (Å²) in [5.74, 6) is 0. The Balaban J connectivity index is 4.62. The van der Waals surface area contributed by atoms with Crippen LogP contribution in [0.5, 0.6) is 0 Å². The summed E-state index contributed by atoms with van der Waals surface area (Å²) in [6.07, 6.45) is 23.7. The lowest BCUT2D eigenvalue weighted by Gasteiger charge is -2.20. The van der Waals surface area contributed by atoms with E-state index in [1.807, 2.05) is 12.2 Å². The van der Waals surface area contributed by atoms with Crippen molar-refractivity contribution in [3.63, 3.8) is 0 Å². The van der Waals surface area contributed by atoms with Crippen LogP contribution in [-0.4, -0.2) is 65.8 Å². The number of allylic oxidation sites excluding steroid dienone is 2. The summed E-state index contributed by atoms with van der Waals surface area (Å²) in [4.78, 5) is 0. The van der Waals surface area contributed by atoms with Gasteiger partial charge in [0.25, 0.3) is 0 Å². The molecule has 0 N–H and O–H groups in total. The molecular weight excluding hydrogens is 520 g/mol. The van der Waals surface area contributed by atoms with Crippen LogP contribution in [-0.2, 0) is 33.2 Å². The second kappa shape index (κ2) is 32.1. The van der Waals surface area contributed by atoms with Gasteiger partial charge >= 0.3 is 0 Å². The van der Waals surface area contributed by atoms with Gasteiger partial charge in [-0.2, -0.15) is 0 Å². The summed E-state index contributed by atoms with van der Waals surface area (Å²) >= 11 is 0. The molecule has 0 fully saturated rings. The van der Waals surface area contributed by atoms with Crippen LogP contribution in [0.25, 0.3) is 0 Å². The fourth-order valence-electron chi connectivity index (χ4n) is 4.07. The van der Waals surface area contributed by atoms with Gasteiger partial charge in [-0.1, -0.05) is 91.2 Å². The molecule has 0 bridgehead atoms. The lowest BCUT2D eigenvalue weighted by molar-refractivity contribution is -0.189. The van der Waals surface area contributed by atoms with Gasteiger partial charge in [-0.15, -0.1) is 0 Å². The Bertz CT molecular complexity index is 497. The van der Waals surface area contributed by atoms with Crippen LogP contribution >= 0.6 is 0 Å². The molecule has 0 heterocycles. The van der Waals surface area contributed by atoms with Crippen molar-refractivity contribution in [1.82, 2.24) is 0 Å². The van der Waals surface area contributed by atoms with Crippen molar-refractivity contribution in [3.8, 4) is 0 Å². The predicted octanol–water partition coefficient (Wildman–Crippen LogP) is 9.10. The zero-order valence-electron chi connectivity index (χ0n) is 27.6. The van der Waals surface area contributed by atoms with E-state index < -0.39 is 12.6 Å². The zero-order valence-corrected chi connectivity index (χ0v) is 27.6. The first-order valence-electron chi connectivity index (χ1n) is 16.7. The molecule has 0 aromatic heterocycles. The smallest absolute Gasteiger partial charge is 0.179 e. The largest absolute Gasteiger partial charge is 0.353 e. The van der Waals surface area contributed by atoms with Crippen LogP contribution in [0.4, 0.5) is 0 Å². The molecule has 2 unspecified atom stereocenters. The van der Waals surface area contributed by atoms with Crippen LogP contribution < -0.4 is 0 Å². The van der Waals surface area contributed by atoms with Crippen molar-refractivity contribution in [2.24, 2.45) is 0 Å². The van der Waals surface area contributed by atoms with Gasteiger partial charge in [0.1, 0.15) is 0 Å². The summed E-state index contributed by atoms with van der Waals surface area (Å²) in [6, 6.07) is 0. The monoisotopic (exact) mass is 586 g/mol. The molecule has 0 radical (unpaired) electrons. The Morgan fingerprint density at radius 1 is 0.463 bits per heavy atom. The molecule has 0 aliphatic heterocycles. The lowest BCUT2D eigenvalue weighted by atomic mass is 10.2. The summed E-state index contributed by atoms with van der Waals surface area (Å²) in [7, 11) is 3.27. The summed E-state index contributed by atoms with van der Waals surface area (Å²) in [6.45, 7) is 11.8. The molecule has 0 saturated heterocycles. The second-order valence-electron chi connectivity index (χ2n) is 10.5. The van der Waals surface area contributed by atoms with E-state index in [1.165, 1.54) is 51.4 Å². The molecule has 41 heavy (non-hydrogen) atoms. The molecule has 0 aromatic carbocycles. The van der Waals surface area contributed by atoms with Crippen molar-refractivity contribution in [2.45, 2.75) is 156 Å². The highest BCUT2D eigenvalue weighted by Gasteiger charge is 2.13. The van der Waals surface area contributed by atoms with Crippen molar-refractivity contribution in [2.75, 3.05) is 40.6 Å². The number of hydrogen-bond donors (Lipinski definition) is 0. The molecule has 7 nitrogen and oxygen atoms in total. The van der Waals surface area contributed by atoms with Gasteiger partial charge in [0.15, 0.2) is 25.2 Å². The molecule has 0 aliphatic carbocycles. The molecule has 2 atom stereocenters. The van der Waals surface area contributed by atoms with Crippen molar-refractivity contribution >= 4 is 0 Å². The molecule has 0 aliphatic rings. The normalized spacial score (nSPS) is 13.9. The molecule has 0 saturated carbocycles. The van der Waals surface area contributed by atoms with Crippen molar-refractivity contribution < 1.29 is 33.2 Å². The molecular formula is C34H66O7. The van der Waals surface area contributed by atoms with Gasteiger partial charge < -0.3 is 33.2 Å². The average Bonchev–Trinajstić information content (AvgIpc) is 2.99. The minimum absolute atomic E-state index is 0.167. The third-order valence-electron chi connectivity index (χ3n) is 6.66. The van der Waals surface area contributed by atoms with Crippen LogP contribution in [0.15, 0.2) is 24.3 Å². The maximum atomic E-state index is 6.01. The van der Waals surface area contributed by atoms with E-state index in [4.69, 9.17) is 33.2 Å². The number of methoxy groups -OCH3 is 2. The third kappa shape index (κ3) is 26.6. The number of unbranched alkanes of at least 4 members (excludes halogenated alkanes) is 8. The third-order valence-corrected chi connectivity index (χ3v) is 6.66.